The van der Waals surface area contributed by atoms with Gasteiger partial charge in [-0.2, -0.15) is 0 Å². The number of hydrogen-bond acceptors (Lipinski definition) is 2. The summed E-state index contributed by atoms with van der Waals surface area (Å²) in [4.78, 5) is 2.66. The quantitative estimate of drug-likeness (QED) is 0.853. The van der Waals surface area contributed by atoms with Crippen molar-refractivity contribution in [2.75, 3.05) is 32.7 Å². The van der Waals surface area contributed by atoms with E-state index in [-0.39, 0.29) is 0 Å². The molecule has 1 N–H and O–H groups in total. The lowest BCUT2D eigenvalue weighted by Crippen LogP contribution is -2.29. The molecule has 1 unspecified atom stereocenters. The van der Waals surface area contributed by atoms with E-state index >= 15 is 0 Å². The van der Waals surface area contributed by atoms with Gasteiger partial charge in [0.05, 0.1) is 0 Å². The molecule has 2 heterocycles. The molecule has 2 fully saturated rings. The molecule has 2 saturated heterocycles. The fraction of sp³-hybridized carbons (Fsp3) is 0.600. The Bertz CT molecular complexity index is 350. The molecule has 17 heavy (non-hydrogen) atoms. The average Bonchev–Trinajstić information content (AvgIpc) is 2.90. The Morgan fingerprint density at radius 2 is 1.82 bits per heavy atom. The fourth-order valence-corrected chi connectivity index (χ4v) is 3.38. The Hall–Kier alpha value is -0.860. The molecule has 0 aliphatic carbocycles. The first kappa shape index (κ1) is 11.2. The Balaban J connectivity index is 1.58. The molecule has 92 valence electrons. The van der Waals surface area contributed by atoms with Gasteiger partial charge in [-0.15, -0.1) is 0 Å². The van der Waals surface area contributed by atoms with Gasteiger partial charge in [0.25, 0.3) is 0 Å². The van der Waals surface area contributed by atoms with Crippen LogP contribution in [0, 0.1) is 11.8 Å². The van der Waals surface area contributed by atoms with Crippen LogP contribution in [-0.2, 0) is 0 Å². The molecule has 0 radical (unpaired) electrons. The second-order valence-electron chi connectivity index (χ2n) is 5.71. The van der Waals surface area contributed by atoms with Crippen LogP contribution in [0.3, 0.4) is 0 Å². The van der Waals surface area contributed by atoms with E-state index in [0.29, 0.717) is 5.92 Å². The number of benzene rings is 1. The molecule has 0 aromatic heterocycles. The first-order chi connectivity index (χ1) is 8.33. The third-order valence-electron chi connectivity index (χ3n) is 4.37. The normalized spacial score (nSPS) is 30.4. The summed E-state index contributed by atoms with van der Waals surface area (Å²) in [5.74, 6) is 2.49. The Labute approximate surface area is 104 Å². The van der Waals surface area contributed by atoms with E-state index in [1.54, 1.807) is 0 Å². The second kappa shape index (κ2) is 4.79. The number of hydrogen-bond donors (Lipinski definition) is 1. The van der Waals surface area contributed by atoms with Crippen LogP contribution in [0.25, 0.3) is 0 Å². The van der Waals surface area contributed by atoms with Gasteiger partial charge in [0.2, 0.25) is 0 Å². The van der Waals surface area contributed by atoms with Crippen LogP contribution in [0.15, 0.2) is 30.3 Å². The molecule has 1 aromatic carbocycles. The van der Waals surface area contributed by atoms with Crippen molar-refractivity contribution < 1.29 is 0 Å². The van der Waals surface area contributed by atoms with Crippen molar-refractivity contribution in [1.29, 1.82) is 0 Å². The van der Waals surface area contributed by atoms with Gasteiger partial charge in [-0.05, 0) is 36.4 Å². The number of nitrogens with one attached hydrogen (secondary N) is 1. The van der Waals surface area contributed by atoms with Crippen molar-refractivity contribution in [3.63, 3.8) is 0 Å². The maximum atomic E-state index is 3.50. The summed E-state index contributed by atoms with van der Waals surface area (Å²) in [6, 6.07) is 10.9. The first-order valence-corrected chi connectivity index (χ1v) is 6.81. The lowest BCUT2D eigenvalue weighted by atomic mass is 10.0. The Morgan fingerprint density at radius 1 is 1.18 bits per heavy atom. The highest BCUT2D eigenvalue weighted by molar-refractivity contribution is 5.19. The zero-order valence-electron chi connectivity index (χ0n) is 10.6. The summed E-state index contributed by atoms with van der Waals surface area (Å²) in [5, 5.41) is 3.50. The van der Waals surface area contributed by atoms with Crippen molar-refractivity contribution in [3.8, 4) is 0 Å². The van der Waals surface area contributed by atoms with E-state index in [0.717, 1.165) is 11.8 Å². The average molecular weight is 230 g/mol. The van der Waals surface area contributed by atoms with E-state index in [1.165, 1.54) is 38.3 Å². The van der Waals surface area contributed by atoms with Gasteiger partial charge in [0, 0.05) is 19.6 Å². The topological polar surface area (TPSA) is 15.3 Å². The summed E-state index contributed by atoms with van der Waals surface area (Å²) in [6.45, 7) is 8.64. The number of rotatable bonds is 3. The van der Waals surface area contributed by atoms with Crippen molar-refractivity contribution in [2.24, 2.45) is 11.8 Å². The predicted molar refractivity (Wildman–Crippen MR) is 71.1 cm³/mol. The van der Waals surface area contributed by atoms with Gasteiger partial charge >= 0.3 is 0 Å². The molecule has 0 bridgehead atoms. The minimum absolute atomic E-state index is 0.656. The minimum Gasteiger partial charge on any atom is -0.316 e. The Morgan fingerprint density at radius 3 is 2.47 bits per heavy atom. The smallest absolute Gasteiger partial charge is 0.00479 e. The summed E-state index contributed by atoms with van der Waals surface area (Å²) in [5.41, 5.74) is 1.47. The standard InChI is InChI=1S/C15H22N2/c1-12(13-5-3-2-4-6-13)9-17-10-14-7-16-8-15(14)11-17/h2-6,12,14-16H,7-11H2,1H3/t12?,14-,15+. The molecule has 3 atom stereocenters. The van der Waals surface area contributed by atoms with Crippen molar-refractivity contribution in [3.05, 3.63) is 35.9 Å². The molecule has 2 nitrogen and oxygen atoms in total. The molecule has 2 aliphatic rings. The fourth-order valence-electron chi connectivity index (χ4n) is 3.38. The van der Waals surface area contributed by atoms with E-state index in [4.69, 9.17) is 0 Å². The monoisotopic (exact) mass is 230 g/mol. The summed E-state index contributed by atoms with van der Waals surface area (Å²) < 4.78 is 0. The summed E-state index contributed by atoms with van der Waals surface area (Å²) >= 11 is 0. The van der Waals surface area contributed by atoms with Gasteiger partial charge in [0.15, 0.2) is 0 Å². The predicted octanol–water partition coefficient (Wildman–Crippen LogP) is 1.94. The van der Waals surface area contributed by atoms with Crippen molar-refractivity contribution in [1.82, 2.24) is 10.2 Å². The van der Waals surface area contributed by atoms with Gasteiger partial charge in [-0.3, -0.25) is 0 Å². The van der Waals surface area contributed by atoms with E-state index in [1.807, 2.05) is 0 Å². The number of likely N-dealkylation sites (tertiary alicyclic amines) is 1. The molecule has 3 rings (SSSR count). The van der Waals surface area contributed by atoms with Crippen LogP contribution in [0.2, 0.25) is 0 Å². The van der Waals surface area contributed by atoms with E-state index in [9.17, 15) is 0 Å². The molecule has 0 spiro atoms. The van der Waals surface area contributed by atoms with Gasteiger partial charge in [-0.25, -0.2) is 0 Å². The molecular formula is C15H22N2. The zero-order chi connectivity index (χ0) is 11.7. The van der Waals surface area contributed by atoms with Gasteiger partial charge in [0.1, 0.15) is 0 Å². The first-order valence-electron chi connectivity index (χ1n) is 6.81. The van der Waals surface area contributed by atoms with Gasteiger partial charge < -0.3 is 10.2 Å². The van der Waals surface area contributed by atoms with Crippen LogP contribution in [0.1, 0.15) is 18.4 Å². The maximum absolute atomic E-state index is 3.50. The molecule has 2 heteroatoms. The van der Waals surface area contributed by atoms with Crippen LogP contribution < -0.4 is 5.32 Å². The second-order valence-corrected chi connectivity index (χ2v) is 5.71. The lowest BCUT2D eigenvalue weighted by Gasteiger charge is -2.22. The highest BCUT2D eigenvalue weighted by Gasteiger charge is 2.36. The maximum Gasteiger partial charge on any atom is 0.00479 e. The van der Waals surface area contributed by atoms with Crippen LogP contribution in [0.5, 0.6) is 0 Å². The van der Waals surface area contributed by atoms with Crippen LogP contribution in [-0.4, -0.2) is 37.6 Å². The summed E-state index contributed by atoms with van der Waals surface area (Å²) in [7, 11) is 0. The van der Waals surface area contributed by atoms with Crippen LogP contribution >= 0.6 is 0 Å². The third kappa shape index (κ3) is 2.38. The zero-order valence-corrected chi connectivity index (χ0v) is 10.6. The van der Waals surface area contributed by atoms with Gasteiger partial charge in [-0.1, -0.05) is 37.3 Å². The highest BCUT2D eigenvalue weighted by atomic mass is 15.2. The van der Waals surface area contributed by atoms with E-state index < -0.39 is 0 Å². The third-order valence-corrected chi connectivity index (χ3v) is 4.37. The van der Waals surface area contributed by atoms with Crippen molar-refractivity contribution in [2.45, 2.75) is 12.8 Å². The number of nitrogens with zero attached hydrogens (tertiary/aromatic N) is 1. The Kier molecular flexibility index (Phi) is 3.17. The molecule has 0 amide bonds. The molecular weight excluding hydrogens is 208 g/mol. The lowest BCUT2D eigenvalue weighted by molar-refractivity contribution is 0.298. The molecule has 2 aliphatic heterocycles. The SMILES string of the molecule is CC(CN1C[C@H]2CNC[C@H]2C1)c1ccccc1. The van der Waals surface area contributed by atoms with E-state index in [2.05, 4.69) is 47.5 Å². The van der Waals surface area contributed by atoms with Crippen LogP contribution in [0.4, 0.5) is 0 Å². The summed E-state index contributed by atoms with van der Waals surface area (Å²) in [6.07, 6.45) is 0. The highest BCUT2D eigenvalue weighted by Crippen LogP contribution is 2.28. The minimum atomic E-state index is 0.656. The molecule has 0 saturated carbocycles. The number of fused-ring (bicyclic) bond motifs is 1. The van der Waals surface area contributed by atoms with Crippen molar-refractivity contribution >= 4 is 0 Å². The molecule has 1 aromatic rings. The largest absolute Gasteiger partial charge is 0.316 e.